The molecule has 1 heterocycles. The van der Waals surface area contributed by atoms with Crippen molar-refractivity contribution in [1.82, 2.24) is 4.98 Å². The van der Waals surface area contributed by atoms with Crippen LogP contribution in [0.1, 0.15) is 12.5 Å². The molecule has 23 heavy (non-hydrogen) atoms. The van der Waals surface area contributed by atoms with E-state index < -0.39 is 12.2 Å². The molecule has 7 heteroatoms. The number of rotatable bonds is 4. The van der Waals surface area contributed by atoms with Gasteiger partial charge in [0, 0.05) is 11.9 Å². The third kappa shape index (κ3) is 5.31. The second-order valence-corrected chi connectivity index (χ2v) is 4.61. The number of urea groups is 1. The summed E-state index contributed by atoms with van der Waals surface area (Å²) in [6.07, 6.45) is 0.897. The molecule has 0 aliphatic carbocycles. The van der Waals surface area contributed by atoms with Gasteiger partial charge in [0.25, 0.3) is 0 Å². The zero-order chi connectivity index (χ0) is 16.7. The van der Waals surface area contributed by atoms with Gasteiger partial charge in [-0.1, -0.05) is 6.07 Å². The highest BCUT2D eigenvalue weighted by Gasteiger charge is 2.06. The zero-order valence-corrected chi connectivity index (χ0v) is 12.8. The molecule has 120 valence electrons. The number of pyridine rings is 1. The number of aryl methyl sites for hydroxylation is 1. The van der Waals surface area contributed by atoms with Crippen molar-refractivity contribution < 1.29 is 19.1 Å². The van der Waals surface area contributed by atoms with Crippen LogP contribution in [0.4, 0.5) is 21.1 Å². The van der Waals surface area contributed by atoms with Crippen LogP contribution in [0.15, 0.2) is 42.6 Å². The Balaban J connectivity index is 1.88. The summed E-state index contributed by atoms with van der Waals surface area (Å²) in [5.41, 5.74) is 1.55. The zero-order valence-electron chi connectivity index (χ0n) is 12.8. The van der Waals surface area contributed by atoms with Crippen LogP contribution in [0.2, 0.25) is 0 Å². The highest BCUT2D eigenvalue weighted by molar-refractivity contribution is 5.99. The minimum Gasteiger partial charge on any atom is -0.434 e. The van der Waals surface area contributed by atoms with Crippen LogP contribution in [0.5, 0.6) is 5.75 Å². The molecule has 0 aliphatic heterocycles. The summed E-state index contributed by atoms with van der Waals surface area (Å²) >= 11 is 0. The molecule has 2 aromatic rings. The lowest BCUT2D eigenvalue weighted by molar-refractivity contribution is 0.104. The normalized spacial score (nSPS) is 9.83. The van der Waals surface area contributed by atoms with Crippen LogP contribution in [-0.4, -0.2) is 23.8 Å². The first-order valence-corrected chi connectivity index (χ1v) is 7.02. The molecule has 1 aromatic carbocycles. The number of hydrogen-bond acceptors (Lipinski definition) is 5. The molecule has 2 N–H and O–H groups in total. The van der Waals surface area contributed by atoms with Gasteiger partial charge in [-0.05, 0) is 49.7 Å². The Morgan fingerprint density at radius 1 is 1.09 bits per heavy atom. The molecule has 0 saturated carbocycles. The molecule has 0 unspecified atom stereocenters. The van der Waals surface area contributed by atoms with Gasteiger partial charge in [-0.15, -0.1) is 0 Å². The summed E-state index contributed by atoms with van der Waals surface area (Å²) in [6.45, 7) is 3.85. The highest BCUT2D eigenvalue weighted by Crippen LogP contribution is 2.16. The van der Waals surface area contributed by atoms with Crippen molar-refractivity contribution in [2.45, 2.75) is 13.8 Å². The van der Waals surface area contributed by atoms with E-state index in [0.717, 1.165) is 5.56 Å². The van der Waals surface area contributed by atoms with E-state index in [2.05, 4.69) is 20.4 Å². The van der Waals surface area contributed by atoms with Crippen molar-refractivity contribution in [1.29, 1.82) is 0 Å². The molecule has 7 nitrogen and oxygen atoms in total. The first kappa shape index (κ1) is 16.3. The van der Waals surface area contributed by atoms with Gasteiger partial charge in [0.15, 0.2) is 0 Å². The van der Waals surface area contributed by atoms with E-state index in [0.29, 0.717) is 17.3 Å². The Morgan fingerprint density at radius 3 is 2.43 bits per heavy atom. The third-order valence-corrected chi connectivity index (χ3v) is 2.73. The van der Waals surface area contributed by atoms with E-state index in [4.69, 9.17) is 4.74 Å². The summed E-state index contributed by atoms with van der Waals surface area (Å²) in [7, 11) is 0. The van der Waals surface area contributed by atoms with E-state index in [-0.39, 0.29) is 6.61 Å². The number of carbonyl (C=O) groups excluding carboxylic acids is 2. The molecule has 1 aromatic heterocycles. The summed E-state index contributed by atoms with van der Waals surface area (Å²) in [5, 5.41) is 5.26. The molecule has 0 atom stereocenters. The van der Waals surface area contributed by atoms with Crippen LogP contribution in [0.3, 0.4) is 0 Å². The summed E-state index contributed by atoms with van der Waals surface area (Å²) < 4.78 is 9.59. The van der Waals surface area contributed by atoms with Crippen LogP contribution in [0, 0.1) is 6.92 Å². The lowest BCUT2D eigenvalue weighted by atomic mass is 10.3. The standard InChI is InChI=1S/C16H17N3O4/c1-3-22-16(21)23-13-7-5-12(6-8-13)18-15(20)19-14-9-4-11(2)10-17-14/h4-10H,3H2,1-2H3,(H2,17,18,19,20). The Hall–Kier alpha value is -3.09. The van der Waals surface area contributed by atoms with Gasteiger partial charge >= 0.3 is 12.2 Å². The number of aromatic nitrogens is 1. The SMILES string of the molecule is CCOC(=O)Oc1ccc(NC(=O)Nc2ccc(C)cn2)cc1. The van der Waals surface area contributed by atoms with Crippen LogP contribution >= 0.6 is 0 Å². The number of amides is 2. The van der Waals surface area contributed by atoms with E-state index in [1.54, 1.807) is 43.5 Å². The molecule has 2 amide bonds. The van der Waals surface area contributed by atoms with E-state index >= 15 is 0 Å². The fourth-order valence-corrected chi connectivity index (χ4v) is 1.67. The maximum atomic E-state index is 11.8. The molecule has 0 fully saturated rings. The Labute approximate surface area is 133 Å². The number of hydrogen-bond donors (Lipinski definition) is 2. The summed E-state index contributed by atoms with van der Waals surface area (Å²) in [6, 6.07) is 9.47. The second kappa shape index (κ2) is 7.79. The quantitative estimate of drug-likeness (QED) is 0.665. The molecule has 0 aliphatic rings. The van der Waals surface area contributed by atoms with E-state index in [1.807, 2.05) is 13.0 Å². The first-order valence-electron chi connectivity index (χ1n) is 7.02. The lowest BCUT2D eigenvalue weighted by Crippen LogP contribution is -2.20. The van der Waals surface area contributed by atoms with E-state index in [9.17, 15) is 9.59 Å². The molecule has 0 saturated heterocycles. The van der Waals surface area contributed by atoms with Gasteiger partial charge in [-0.2, -0.15) is 0 Å². The van der Waals surface area contributed by atoms with Crippen LogP contribution < -0.4 is 15.4 Å². The van der Waals surface area contributed by atoms with Crippen molar-refractivity contribution in [3.05, 3.63) is 48.2 Å². The topological polar surface area (TPSA) is 89.5 Å². The van der Waals surface area contributed by atoms with Gasteiger partial charge in [0.05, 0.1) is 6.61 Å². The third-order valence-electron chi connectivity index (χ3n) is 2.73. The van der Waals surface area contributed by atoms with Gasteiger partial charge in [-0.25, -0.2) is 14.6 Å². The highest BCUT2D eigenvalue weighted by atomic mass is 16.7. The average Bonchev–Trinajstić information content (AvgIpc) is 2.52. The fourth-order valence-electron chi connectivity index (χ4n) is 1.67. The van der Waals surface area contributed by atoms with Crippen molar-refractivity contribution >= 4 is 23.7 Å². The van der Waals surface area contributed by atoms with Crippen molar-refractivity contribution in [2.75, 3.05) is 17.2 Å². The van der Waals surface area contributed by atoms with Gasteiger partial charge < -0.3 is 14.8 Å². The van der Waals surface area contributed by atoms with Gasteiger partial charge in [0.2, 0.25) is 0 Å². The monoisotopic (exact) mass is 315 g/mol. The predicted octanol–water partition coefficient (Wildman–Crippen LogP) is 3.57. The first-order chi connectivity index (χ1) is 11.1. The van der Waals surface area contributed by atoms with Gasteiger partial charge in [0.1, 0.15) is 11.6 Å². The van der Waals surface area contributed by atoms with Crippen molar-refractivity contribution in [2.24, 2.45) is 0 Å². The maximum Gasteiger partial charge on any atom is 0.513 e. The predicted molar refractivity (Wildman–Crippen MR) is 85.7 cm³/mol. The number of anilines is 2. The molecular formula is C16H17N3O4. The van der Waals surface area contributed by atoms with Crippen molar-refractivity contribution in [3.8, 4) is 5.75 Å². The number of benzene rings is 1. The van der Waals surface area contributed by atoms with Gasteiger partial charge in [-0.3, -0.25) is 5.32 Å². The minimum atomic E-state index is -0.767. The number of carbonyl (C=O) groups is 2. The Kier molecular flexibility index (Phi) is 5.51. The summed E-state index contributed by atoms with van der Waals surface area (Å²) in [4.78, 5) is 27.1. The fraction of sp³-hybridized carbons (Fsp3) is 0.188. The Bertz CT molecular complexity index is 669. The Morgan fingerprint density at radius 2 is 1.83 bits per heavy atom. The van der Waals surface area contributed by atoms with Crippen molar-refractivity contribution in [3.63, 3.8) is 0 Å². The maximum absolute atomic E-state index is 11.8. The number of nitrogens with zero attached hydrogens (tertiary/aromatic N) is 1. The lowest BCUT2D eigenvalue weighted by Gasteiger charge is -2.08. The van der Waals surface area contributed by atoms with Crippen LogP contribution in [0.25, 0.3) is 0 Å². The molecule has 0 radical (unpaired) electrons. The minimum absolute atomic E-state index is 0.242. The number of nitrogens with one attached hydrogen (secondary N) is 2. The summed E-state index contributed by atoms with van der Waals surface area (Å²) in [5.74, 6) is 0.782. The molecule has 0 bridgehead atoms. The molecule has 0 spiro atoms. The smallest absolute Gasteiger partial charge is 0.434 e. The van der Waals surface area contributed by atoms with Crippen LogP contribution in [-0.2, 0) is 4.74 Å². The molecular weight excluding hydrogens is 298 g/mol. The molecule has 2 rings (SSSR count). The van der Waals surface area contributed by atoms with E-state index in [1.165, 1.54) is 0 Å². The average molecular weight is 315 g/mol. The number of ether oxygens (including phenoxy) is 2. The second-order valence-electron chi connectivity index (χ2n) is 4.61. The largest absolute Gasteiger partial charge is 0.513 e.